The molecule has 2 aromatic rings. The van der Waals surface area contributed by atoms with Crippen LogP contribution >= 0.6 is 23.2 Å². The molecular formula is C18H23Cl2N5O2. The summed E-state index contributed by atoms with van der Waals surface area (Å²) >= 11 is 12.2. The SMILES string of the molecule is CCOC(=O)NC1CCCN(Cn2nc(C)nc2-c2ccc(Cl)c(Cl)c2)C1. The van der Waals surface area contributed by atoms with Crippen LogP contribution in [-0.4, -0.2) is 51.5 Å². The van der Waals surface area contributed by atoms with E-state index in [1.165, 1.54) is 0 Å². The minimum absolute atomic E-state index is 0.0656. The number of aryl methyl sites for hydroxylation is 1. The van der Waals surface area contributed by atoms with Gasteiger partial charge in [0.1, 0.15) is 5.82 Å². The summed E-state index contributed by atoms with van der Waals surface area (Å²) in [5.74, 6) is 1.43. The van der Waals surface area contributed by atoms with E-state index in [-0.39, 0.29) is 12.1 Å². The molecule has 1 aliphatic heterocycles. The first-order valence-electron chi connectivity index (χ1n) is 8.98. The lowest BCUT2D eigenvalue weighted by Crippen LogP contribution is -2.48. The number of aromatic nitrogens is 3. The van der Waals surface area contributed by atoms with Crippen LogP contribution in [0.4, 0.5) is 4.79 Å². The average Bonchev–Trinajstić information content (AvgIpc) is 2.98. The highest BCUT2D eigenvalue weighted by Crippen LogP contribution is 2.28. The smallest absolute Gasteiger partial charge is 0.407 e. The van der Waals surface area contributed by atoms with E-state index in [9.17, 15) is 4.79 Å². The molecule has 146 valence electrons. The molecule has 3 rings (SSSR count). The number of benzene rings is 1. The number of halogens is 2. The van der Waals surface area contributed by atoms with E-state index in [1.54, 1.807) is 19.1 Å². The van der Waals surface area contributed by atoms with Crippen LogP contribution in [-0.2, 0) is 11.4 Å². The molecule has 9 heteroatoms. The molecule has 0 saturated carbocycles. The summed E-state index contributed by atoms with van der Waals surface area (Å²) in [6, 6.07) is 5.50. The van der Waals surface area contributed by atoms with Crippen molar-refractivity contribution in [1.82, 2.24) is 25.0 Å². The Labute approximate surface area is 168 Å². The standard InChI is InChI=1S/C18H23Cl2N5O2/c1-3-27-18(26)22-14-5-4-8-24(10-14)11-25-17(21-12(2)23-25)13-6-7-15(19)16(20)9-13/h6-7,9,14H,3-5,8,10-11H2,1-2H3,(H,22,26). The normalized spacial score (nSPS) is 17.7. The molecule has 1 saturated heterocycles. The predicted octanol–water partition coefficient (Wildman–Crippen LogP) is 3.73. The number of nitrogens with zero attached hydrogens (tertiary/aromatic N) is 4. The minimum atomic E-state index is -0.363. The van der Waals surface area contributed by atoms with Crippen molar-refractivity contribution in [3.8, 4) is 11.4 Å². The van der Waals surface area contributed by atoms with E-state index >= 15 is 0 Å². The third kappa shape index (κ3) is 5.12. The second-order valence-corrected chi connectivity index (χ2v) is 7.35. The summed E-state index contributed by atoms with van der Waals surface area (Å²) in [4.78, 5) is 18.5. The maximum Gasteiger partial charge on any atom is 0.407 e. The van der Waals surface area contributed by atoms with Gasteiger partial charge in [0.15, 0.2) is 5.82 Å². The average molecular weight is 412 g/mol. The fraction of sp³-hybridized carbons (Fsp3) is 0.500. The molecule has 0 aliphatic carbocycles. The number of amides is 1. The number of alkyl carbamates (subject to hydrolysis) is 1. The fourth-order valence-corrected chi connectivity index (χ4v) is 3.53. The highest BCUT2D eigenvalue weighted by atomic mass is 35.5. The van der Waals surface area contributed by atoms with Crippen LogP contribution in [0.3, 0.4) is 0 Å². The van der Waals surface area contributed by atoms with Crippen molar-refractivity contribution in [1.29, 1.82) is 0 Å². The maximum atomic E-state index is 11.7. The molecule has 1 aromatic heterocycles. The summed E-state index contributed by atoms with van der Waals surface area (Å²) < 4.78 is 6.84. The number of rotatable bonds is 5. The third-order valence-corrected chi connectivity index (χ3v) is 5.13. The molecule has 7 nitrogen and oxygen atoms in total. The van der Waals surface area contributed by atoms with Crippen LogP contribution in [0, 0.1) is 6.92 Å². The van der Waals surface area contributed by atoms with E-state index in [1.807, 2.05) is 17.7 Å². The van der Waals surface area contributed by atoms with Crippen LogP contribution in [0.2, 0.25) is 10.0 Å². The van der Waals surface area contributed by atoms with E-state index in [0.717, 1.165) is 37.3 Å². The van der Waals surface area contributed by atoms with Gasteiger partial charge >= 0.3 is 6.09 Å². The highest BCUT2D eigenvalue weighted by molar-refractivity contribution is 6.42. The van der Waals surface area contributed by atoms with E-state index < -0.39 is 0 Å². The Hall–Kier alpha value is -1.83. The number of ether oxygens (including phenoxy) is 1. The molecule has 1 aromatic carbocycles. The lowest BCUT2D eigenvalue weighted by Gasteiger charge is -2.32. The zero-order valence-electron chi connectivity index (χ0n) is 15.4. The van der Waals surface area contributed by atoms with Crippen LogP contribution in [0.1, 0.15) is 25.6 Å². The molecule has 0 bridgehead atoms. The highest BCUT2D eigenvalue weighted by Gasteiger charge is 2.23. The Kier molecular flexibility index (Phi) is 6.57. The topological polar surface area (TPSA) is 72.3 Å². The second kappa shape index (κ2) is 8.91. The Morgan fingerprint density at radius 1 is 1.37 bits per heavy atom. The summed E-state index contributed by atoms with van der Waals surface area (Å²) in [5.41, 5.74) is 0.864. The number of piperidine rings is 1. The zero-order chi connectivity index (χ0) is 19.4. The Balaban J connectivity index is 1.72. The van der Waals surface area contributed by atoms with Crippen molar-refractivity contribution < 1.29 is 9.53 Å². The summed E-state index contributed by atoms with van der Waals surface area (Å²) in [6.07, 6.45) is 1.57. The van der Waals surface area contributed by atoms with Gasteiger partial charge in [0.25, 0.3) is 0 Å². The van der Waals surface area contributed by atoms with Crippen molar-refractivity contribution in [3.05, 3.63) is 34.1 Å². The Morgan fingerprint density at radius 2 is 2.19 bits per heavy atom. The van der Waals surface area contributed by atoms with Gasteiger partial charge in [-0.05, 0) is 44.9 Å². The number of hydrogen-bond donors (Lipinski definition) is 1. The van der Waals surface area contributed by atoms with Crippen LogP contribution in [0.25, 0.3) is 11.4 Å². The quantitative estimate of drug-likeness (QED) is 0.811. The van der Waals surface area contributed by atoms with Gasteiger partial charge in [0.2, 0.25) is 0 Å². The number of hydrogen-bond acceptors (Lipinski definition) is 5. The molecule has 1 N–H and O–H groups in total. The lowest BCUT2D eigenvalue weighted by molar-refractivity contribution is 0.121. The first kappa shape index (κ1) is 19.9. The van der Waals surface area contributed by atoms with Gasteiger partial charge in [0.05, 0.1) is 23.3 Å². The minimum Gasteiger partial charge on any atom is -0.450 e. The molecule has 2 heterocycles. The number of nitrogens with one attached hydrogen (secondary N) is 1. The van der Waals surface area contributed by atoms with E-state index in [2.05, 4.69) is 20.3 Å². The van der Waals surface area contributed by atoms with Gasteiger partial charge in [-0.2, -0.15) is 5.10 Å². The van der Waals surface area contributed by atoms with E-state index in [4.69, 9.17) is 27.9 Å². The first-order chi connectivity index (χ1) is 13.0. The van der Waals surface area contributed by atoms with Gasteiger partial charge in [-0.15, -0.1) is 0 Å². The molecule has 0 spiro atoms. The van der Waals surface area contributed by atoms with Gasteiger partial charge in [0, 0.05) is 24.7 Å². The van der Waals surface area contributed by atoms with Crippen molar-refractivity contribution in [2.45, 2.75) is 39.4 Å². The number of carbonyl (C=O) groups excluding carboxylic acids is 1. The van der Waals surface area contributed by atoms with Crippen LogP contribution < -0.4 is 5.32 Å². The molecule has 1 aliphatic rings. The predicted molar refractivity (Wildman–Crippen MR) is 105 cm³/mol. The molecule has 1 atom stereocenters. The Morgan fingerprint density at radius 3 is 2.93 bits per heavy atom. The molecule has 0 radical (unpaired) electrons. The summed E-state index contributed by atoms with van der Waals surface area (Å²) in [6.45, 7) is 6.27. The summed E-state index contributed by atoms with van der Waals surface area (Å²) in [5, 5.41) is 8.44. The summed E-state index contributed by atoms with van der Waals surface area (Å²) in [7, 11) is 0. The van der Waals surface area contributed by atoms with Crippen LogP contribution in [0.5, 0.6) is 0 Å². The van der Waals surface area contributed by atoms with Crippen molar-refractivity contribution in [2.24, 2.45) is 0 Å². The fourth-order valence-electron chi connectivity index (χ4n) is 3.23. The van der Waals surface area contributed by atoms with Gasteiger partial charge < -0.3 is 10.1 Å². The van der Waals surface area contributed by atoms with Gasteiger partial charge in [-0.3, -0.25) is 4.90 Å². The molecule has 1 fully saturated rings. The van der Waals surface area contributed by atoms with Crippen molar-refractivity contribution in [3.63, 3.8) is 0 Å². The van der Waals surface area contributed by atoms with E-state index in [0.29, 0.717) is 29.1 Å². The second-order valence-electron chi connectivity index (χ2n) is 6.53. The zero-order valence-corrected chi connectivity index (χ0v) is 16.9. The number of likely N-dealkylation sites (tertiary alicyclic amines) is 1. The molecule has 1 unspecified atom stereocenters. The van der Waals surface area contributed by atoms with Gasteiger partial charge in [-0.1, -0.05) is 23.2 Å². The number of carbonyl (C=O) groups is 1. The molecule has 1 amide bonds. The molecule has 27 heavy (non-hydrogen) atoms. The van der Waals surface area contributed by atoms with Crippen molar-refractivity contribution >= 4 is 29.3 Å². The first-order valence-corrected chi connectivity index (χ1v) is 9.74. The van der Waals surface area contributed by atoms with Crippen molar-refractivity contribution in [2.75, 3.05) is 19.7 Å². The monoisotopic (exact) mass is 411 g/mol. The third-order valence-electron chi connectivity index (χ3n) is 4.39. The maximum absolute atomic E-state index is 11.7. The van der Waals surface area contributed by atoms with Gasteiger partial charge in [-0.25, -0.2) is 14.5 Å². The lowest BCUT2D eigenvalue weighted by atomic mass is 10.1. The largest absolute Gasteiger partial charge is 0.450 e. The van der Waals surface area contributed by atoms with Crippen LogP contribution in [0.15, 0.2) is 18.2 Å². The molecular weight excluding hydrogens is 389 g/mol. The Bertz CT molecular complexity index is 811.